The van der Waals surface area contributed by atoms with Crippen LogP contribution in [0.25, 0.3) is 0 Å². The smallest absolute Gasteiger partial charge is 0.229 e. The summed E-state index contributed by atoms with van der Waals surface area (Å²) in [5, 5.41) is 0. The Morgan fingerprint density at radius 1 is 1.33 bits per heavy atom. The summed E-state index contributed by atoms with van der Waals surface area (Å²) in [7, 11) is 0. The van der Waals surface area contributed by atoms with Gasteiger partial charge in [-0.3, -0.25) is 14.5 Å². The summed E-state index contributed by atoms with van der Waals surface area (Å²) in [4.78, 5) is 23.9. The van der Waals surface area contributed by atoms with Gasteiger partial charge in [0, 0.05) is 19.4 Å². The van der Waals surface area contributed by atoms with Gasteiger partial charge in [0.05, 0.1) is 11.7 Å². The molecule has 0 aromatic heterocycles. The molecule has 15 heavy (non-hydrogen) atoms. The standard InChI is InChI=1S/C11H17NO3/c1-11(2)8(15-11)4-3-7-12-9(13)5-6-10(12)14/h8H,3-7H2,1-2H3. The van der Waals surface area contributed by atoms with Crippen molar-refractivity contribution in [1.82, 2.24) is 4.90 Å². The number of hydrogen-bond donors (Lipinski definition) is 0. The lowest BCUT2D eigenvalue weighted by Crippen LogP contribution is -2.30. The van der Waals surface area contributed by atoms with Crippen LogP contribution in [-0.2, 0) is 14.3 Å². The predicted molar refractivity (Wildman–Crippen MR) is 54.1 cm³/mol. The molecule has 2 rings (SSSR count). The Kier molecular flexibility index (Phi) is 2.54. The van der Waals surface area contributed by atoms with E-state index in [1.54, 1.807) is 0 Å². The van der Waals surface area contributed by atoms with E-state index in [0.717, 1.165) is 12.8 Å². The number of rotatable bonds is 4. The molecular formula is C11H17NO3. The van der Waals surface area contributed by atoms with Crippen molar-refractivity contribution in [2.45, 2.75) is 51.2 Å². The van der Waals surface area contributed by atoms with Crippen LogP contribution < -0.4 is 0 Å². The second kappa shape index (κ2) is 3.59. The van der Waals surface area contributed by atoms with Gasteiger partial charge in [0.2, 0.25) is 11.8 Å². The minimum absolute atomic E-state index is 0.0129. The van der Waals surface area contributed by atoms with Gasteiger partial charge in [0.15, 0.2) is 0 Å². The van der Waals surface area contributed by atoms with Gasteiger partial charge in [-0.05, 0) is 26.7 Å². The first kappa shape index (κ1) is 10.6. The molecule has 4 heteroatoms. The van der Waals surface area contributed by atoms with Crippen LogP contribution in [0.2, 0.25) is 0 Å². The van der Waals surface area contributed by atoms with Gasteiger partial charge in [-0.1, -0.05) is 0 Å². The normalized spacial score (nSPS) is 28.7. The quantitative estimate of drug-likeness (QED) is 0.516. The molecule has 2 saturated heterocycles. The van der Waals surface area contributed by atoms with Crippen LogP contribution in [0.3, 0.4) is 0 Å². The van der Waals surface area contributed by atoms with Crippen LogP contribution in [0.4, 0.5) is 0 Å². The summed E-state index contributed by atoms with van der Waals surface area (Å²) in [6.07, 6.45) is 2.88. The number of epoxide rings is 1. The fourth-order valence-electron chi connectivity index (χ4n) is 2.05. The lowest BCUT2D eigenvalue weighted by Gasteiger charge is -2.12. The minimum Gasteiger partial charge on any atom is -0.367 e. The number of nitrogens with zero attached hydrogens (tertiary/aromatic N) is 1. The zero-order chi connectivity index (χ0) is 11.1. The number of carbonyl (C=O) groups is 2. The molecule has 0 radical (unpaired) electrons. The van der Waals surface area contributed by atoms with E-state index in [2.05, 4.69) is 13.8 Å². The fraction of sp³-hybridized carbons (Fsp3) is 0.818. The van der Waals surface area contributed by atoms with Crippen molar-refractivity contribution >= 4 is 11.8 Å². The van der Waals surface area contributed by atoms with Crippen molar-refractivity contribution in [1.29, 1.82) is 0 Å². The van der Waals surface area contributed by atoms with Crippen LogP contribution >= 0.6 is 0 Å². The van der Waals surface area contributed by atoms with Crippen molar-refractivity contribution in [3.63, 3.8) is 0 Å². The summed E-state index contributed by atoms with van der Waals surface area (Å²) in [5.74, 6) is -0.0352. The monoisotopic (exact) mass is 211 g/mol. The zero-order valence-electron chi connectivity index (χ0n) is 9.28. The highest BCUT2D eigenvalue weighted by atomic mass is 16.6. The molecule has 0 aromatic carbocycles. The van der Waals surface area contributed by atoms with Gasteiger partial charge in [-0.2, -0.15) is 0 Å². The molecule has 0 aliphatic carbocycles. The molecular weight excluding hydrogens is 194 g/mol. The first-order valence-corrected chi connectivity index (χ1v) is 5.52. The Balaban J connectivity index is 1.70. The van der Waals surface area contributed by atoms with E-state index >= 15 is 0 Å². The van der Waals surface area contributed by atoms with Crippen molar-refractivity contribution in [2.75, 3.05) is 6.54 Å². The van der Waals surface area contributed by atoms with E-state index in [9.17, 15) is 9.59 Å². The van der Waals surface area contributed by atoms with Crippen molar-refractivity contribution < 1.29 is 14.3 Å². The molecule has 0 N–H and O–H groups in total. The maximum absolute atomic E-state index is 11.3. The SMILES string of the molecule is CC1(C)OC1CCCN1C(=O)CCC1=O. The summed E-state index contributed by atoms with van der Waals surface area (Å²) in [6.45, 7) is 4.68. The van der Waals surface area contributed by atoms with Gasteiger partial charge in [-0.15, -0.1) is 0 Å². The zero-order valence-corrected chi connectivity index (χ0v) is 9.28. The predicted octanol–water partition coefficient (Wildman–Crippen LogP) is 1.09. The third-order valence-electron chi connectivity index (χ3n) is 3.17. The number of amides is 2. The van der Waals surface area contributed by atoms with Gasteiger partial charge >= 0.3 is 0 Å². The summed E-state index contributed by atoms with van der Waals surface area (Å²) in [5.41, 5.74) is 0.0129. The second-order valence-corrected chi connectivity index (χ2v) is 4.79. The maximum Gasteiger partial charge on any atom is 0.229 e. The van der Waals surface area contributed by atoms with Gasteiger partial charge in [0.25, 0.3) is 0 Å². The molecule has 0 spiro atoms. The number of imide groups is 1. The number of ether oxygens (including phenoxy) is 1. The second-order valence-electron chi connectivity index (χ2n) is 4.79. The fourth-order valence-corrected chi connectivity index (χ4v) is 2.05. The molecule has 0 saturated carbocycles. The lowest BCUT2D eigenvalue weighted by atomic mass is 10.1. The van der Waals surface area contributed by atoms with Gasteiger partial charge < -0.3 is 4.74 Å². The highest BCUT2D eigenvalue weighted by Gasteiger charge is 2.46. The molecule has 0 bridgehead atoms. The highest BCUT2D eigenvalue weighted by molar-refractivity contribution is 6.01. The highest BCUT2D eigenvalue weighted by Crippen LogP contribution is 2.38. The van der Waals surface area contributed by atoms with Gasteiger partial charge in [0.1, 0.15) is 0 Å². The molecule has 2 amide bonds. The molecule has 1 unspecified atom stereocenters. The van der Waals surface area contributed by atoms with Crippen LogP contribution in [0.1, 0.15) is 39.5 Å². The largest absolute Gasteiger partial charge is 0.367 e. The van der Waals surface area contributed by atoms with Gasteiger partial charge in [-0.25, -0.2) is 0 Å². The lowest BCUT2D eigenvalue weighted by molar-refractivity contribution is -0.138. The van der Waals surface area contributed by atoms with Crippen molar-refractivity contribution in [3.8, 4) is 0 Å². The van der Waals surface area contributed by atoms with Crippen LogP contribution in [0.5, 0.6) is 0 Å². The number of carbonyl (C=O) groups excluding carboxylic acids is 2. The van der Waals surface area contributed by atoms with Crippen LogP contribution in [-0.4, -0.2) is 35.0 Å². The van der Waals surface area contributed by atoms with E-state index in [1.165, 1.54) is 4.90 Å². The first-order valence-electron chi connectivity index (χ1n) is 5.52. The Morgan fingerprint density at radius 3 is 2.33 bits per heavy atom. The Hall–Kier alpha value is -0.900. The maximum atomic E-state index is 11.3. The van der Waals surface area contributed by atoms with E-state index in [4.69, 9.17) is 4.74 Å². The van der Waals surface area contributed by atoms with E-state index < -0.39 is 0 Å². The van der Waals surface area contributed by atoms with E-state index in [0.29, 0.717) is 25.5 Å². The third-order valence-corrected chi connectivity index (χ3v) is 3.17. The van der Waals surface area contributed by atoms with E-state index in [-0.39, 0.29) is 17.4 Å². The molecule has 0 aromatic rings. The first-order chi connectivity index (χ1) is 7.00. The molecule has 2 aliphatic heterocycles. The number of hydrogen-bond acceptors (Lipinski definition) is 3. The average molecular weight is 211 g/mol. The molecule has 84 valence electrons. The molecule has 2 aliphatic rings. The summed E-state index contributed by atoms with van der Waals surface area (Å²) >= 11 is 0. The molecule has 2 fully saturated rings. The molecule has 1 atom stereocenters. The van der Waals surface area contributed by atoms with Crippen molar-refractivity contribution in [2.24, 2.45) is 0 Å². The summed E-state index contributed by atoms with van der Waals surface area (Å²) in [6, 6.07) is 0. The van der Waals surface area contributed by atoms with Crippen LogP contribution in [0, 0.1) is 0 Å². The number of likely N-dealkylation sites (tertiary alicyclic amines) is 1. The molecule has 4 nitrogen and oxygen atoms in total. The Morgan fingerprint density at radius 2 is 1.87 bits per heavy atom. The van der Waals surface area contributed by atoms with Crippen molar-refractivity contribution in [3.05, 3.63) is 0 Å². The minimum atomic E-state index is -0.0176. The Bertz CT molecular complexity index is 282. The summed E-state index contributed by atoms with van der Waals surface area (Å²) < 4.78 is 5.43. The average Bonchev–Trinajstić information content (AvgIpc) is 2.64. The topological polar surface area (TPSA) is 49.9 Å². The van der Waals surface area contributed by atoms with E-state index in [1.807, 2.05) is 0 Å². The molecule has 2 heterocycles. The Labute approximate surface area is 89.6 Å². The van der Waals surface area contributed by atoms with Crippen LogP contribution in [0.15, 0.2) is 0 Å². The third kappa shape index (κ3) is 2.20.